The van der Waals surface area contributed by atoms with E-state index in [0.29, 0.717) is 11.7 Å². The molecule has 0 amide bonds. The third-order valence-corrected chi connectivity index (χ3v) is 24.3. The van der Waals surface area contributed by atoms with Gasteiger partial charge in [-0.25, -0.2) is 0 Å². The van der Waals surface area contributed by atoms with Gasteiger partial charge in [0.15, 0.2) is 0 Å². The second-order valence-electron chi connectivity index (χ2n) is 19.7. The summed E-state index contributed by atoms with van der Waals surface area (Å²) in [6, 6.07) is 44.1. The maximum Gasteiger partial charge on any atom is 0.261 e. The largest absolute Gasteiger partial charge is 0.404 e. The standard InChI is InChI=1S/C53H66O3Si2/c1-39-42(33-32-41-23-22-36-53(9)48(40(2)54)34-35-49(41)53)37-43(55-57(51(3,4)5,44-24-14-10-15-25-44)45-26-16-11-17-27-45)38-50(39)56-58(52(6,7)8,46-28-18-12-19-29-46)47-30-20-13-21-31-47/h10-21,24-33,43,48-50H,1,22-23,34-38H2,2-9H3/t43-,48-,49+,50+,53-/m1/s1. The van der Waals surface area contributed by atoms with Gasteiger partial charge in [0.2, 0.25) is 0 Å². The van der Waals surface area contributed by atoms with Crippen molar-refractivity contribution in [2.75, 3.05) is 0 Å². The summed E-state index contributed by atoms with van der Waals surface area (Å²) in [7, 11) is -5.83. The first kappa shape index (κ1) is 42.3. The first-order valence-electron chi connectivity index (χ1n) is 21.8. The number of rotatable bonds is 10. The fraction of sp³-hybridized carbons (Fsp3) is 0.415. The zero-order chi connectivity index (χ0) is 41.3. The van der Waals surface area contributed by atoms with E-state index in [0.717, 1.165) is 50.5 Å². The van der Waals surface area contributed by atoms with Gasteiger partial charge in [0, 0.05) is 12.3 Å². The van der Waals surface area contributed by atoms with Gasteiger partial charge in [0.1, 0.15) is 5.78 Å². The topological polar surface area (TPSA) is 35.5 Å². The van der Waals surface area contributed by atoms with Crippen molar-refractivity contribution in [1.82, 2.24) is 0 Å². The lowest BCUT2D eigenvalue weighted by atomic mass is 9.63. The zero-order valence-corrected chi connectivity index (χ0v) is 38.4. The second-order valence-corrected chi connectivity index (χ2v) is 28.2. The Morgan fingerprint density at radius 2 is 1.14 bits per heavy atom. The van der Waals surface area contributed by atoms with E-state index in [-0.39, 0.29) is 33.6 Å². The lowest BCUT2D eigenvalue weighted by molar-refractivity contribution is -0.124. The third kappa shape index (κ3) is 7.69. The molecule has 0 bridgehead atoms. The van der Waals surface area contributed by atoms with Gasteiger partial charge in [0.25, 0.3) is 16.6 Å². The summed E-state index contributed by atoms with van der Waals surface area (Å²) < 4.78 is 16.0. The molecular formula is C53H66O3Si2. The van der Waals surface area contributed by atoms with Crippen molar-refractivity contribution in [2.24, 2.45) is 17.3 Å². The van der Waals surface area contributed by atoms with E-state index in [1.807, 2.05) is 6.92 Å². The highest BCUT2D eigenvalue weighted by molar-refractivity contribution is 7.00. The second kappa shape index (κ2) is 16.6. The molecule has 0 saturated heterocycles. The molecule has 3 nitrogen and oxygen atoms in total. The van der Waals surface area contributed by atoms with Crippen LogP contribution in [-0.4, -0.2) is 34.6 Å². The molecule has 0 heterocycles. The minimum Gasteiger partial charge on any atom is -0.404 e. The minimum absolute atomic E-state index is 0.0435. The van der Waals surface area contributed by atoms with Crippen molar-refractivity contribution < 1.29 is 13.6 Å². The first-order valence-corrected chi connectivity index (χ1v) is 25.6. The van der Waals surface area contributed by atoms with E-state index in [1.54, 1.807) is 0 Å². The molecule has 0 spiro atoms. The number of hydrogen-bond acceptors (Lipinski definition) is 3. The molecule has 3 aliphatic rings. The predicted octanol–water partition coefficient (Wildman–Crippen LogP) is 10.9. The summed E-state index contributed by atoms with van der Waals surface area (Å²) in [6.45, 7) is 23.3. The van der Waals surface area contributed by atoms with Crippen LogP contribution in [0, 0.1) is 17.3 Å². The summed E-state index contributed by atoms with van der Waals surface area (Å²) >= 11 is 0. The third-order valence-electron chi connectivity index (χ3n) is 14.2. The lowest BCUT2D eigenvalue weighted by Crippen LogP contribution is -2.69. The highest BCUT2D eigenvalue weighted by Crippen LogP contribution is 2.57. The van der Waals surface area contributed by atoms with E-state index in [1.165, 1.54) is 31.9 Å². The molecule has 4 aromatic rings. The molecule has 0 radical (unpaired) electrons. The summed E-state index contributed by atoms with van der Waals surface area (Å²) in [5.41, 5.74) is 3.83. The zero-order valence-electron chi connectivity index (χ0n) is 36.4. The van der Waals surface area contributed by atoms with Gasteiger partial charge in [-0.05, 0) is 98.8 Å². The van der Waals surface area contributed by atoms with Crippen LogP contribution < -0.4 is 20.7 Å². The molecule has 0 aliphatic heterocycles. The summed E-state index contributed by atoms with van der Waals surface area (Å²) in [5, 5.41) is 4.78. The maximum absolute atomic E-state index is 12.8. The average molecular weight is 807 g/mol. The lowest BCUT2D eigenvalue weighted by Gasteiger charge is -2.49. The van der Waals surface area contributed by atoms with E-state index in [2.05, 4.69) is 182 Å². The van der Waals surface area contributed by atoms with Crippen LogP contribution in [0.5, 0.6) is 0 Å². The average Bonchev–Trinajstić information content (AvgIpc) is 3.57. The molecule has 58 heavy (non-hydrogen) atoms. The SMILES string of the molecule is C=C1C(=CC=C2CCC[C@]3(C)[C@@H](C(C)=O)CC[C@@H]23)C[C@@H](O[Si](c2ccccc2)(c2ccccc2)C(C)(C)C)C[C@@H]1O[Si](c1ccccc1)(c1ccccc1)C(C)(C)C. The molecule has 0 N–H and O–H groups in total. The molecule has 3 fully saturated rings. The fourth-order valence-corrected chi connectivity index (χ4v) is 20.8. The van der Waals surface area contributed by atoms with Crippen molar-refractivity contribution in [3.63, 3.8) is 0 Å². The predicted molar refractivity (Wildman–Crippen MR) is 248 cm³/mol. The molecule has 3 saturated carbocycles. The molecule has 5 heteroatoms. The Balaban J connectivity index is 1.37. The van der Waals surface area contributed by atoms with Crippen molar-refractivity contribution in [2.45, 2.75) is 123 Å². The van der Waals surface area contributed by atoms with Crippen molar-refractivity contribution in [3.8, 4) is 0 Å². The quantitative estimate of drug-likeness (QED) is 0.150. The Bertz CT molecular complexity index is 2030. The van der Waals surface area contributed by atoms with Crippen LogP contribution in [0.2, 0.25) is 10.1 Å². The van der Waals surface area contributed by atoms with E-state index in [4.69, 9.17) is 15.4 Å². The van der Waals surface area contributed by atoms with E-state index in [9.17, 15) is 4.79 Å². The van der Waals surface area contributed by atoms with Crippen LogP contribution in [-0.2, 0) is 13.6 Å². The van der Waals surface area contributed by atoms with Crippen LogP contribution in [0.25, 0.3) is 0 Å². The number of ketones is 1. The van der Waals surface area contributed by atoms with Gasteiger partial charge in [-0.15, -0.1) is 0 Å². The van der Waals surface area contributed by atoms with Crippen molar-refractivity contribution >= 4 is 43.2 Å². The number of fused-ring (bicyclic) bond motifs is 1. The number of carbonyl (C=O) groups is 1. The summed E-state index contributed by atoms with van der Waals surface area (Å²) in [4.78, 5) is 12.8. The number of benzene rings is 4. The fourth-order valence-electron chi connectivity index (χ4n) is 11.4. The van der Waals surface area contributed by atoms with Gasteiger partial charge >= 0.3 is 0 Å². The van der Waals surface area contributed by atoms with Crippen LogP contribution in [0.1, 0.15) is 100 Å². The molecule has 7 rings (SSSR count). The summed E-state index contributed by atoms with van der Waals surface area (Å²) in [5.74, 6) is 0.959. The molecule has 5 atom stereocenters. The normalized spacial score (nSPS) is 25.8. The Morgan fingerprint density at radius 1 is 0.690 bits per heavy atom. The Morgan fingerprint density at radius 3 is 1.57 bits per heavy atom. The summed E-state index contributed by atoms with van der Waals surface area (Å²) in [6.07, 6.45) is 11.4. The Labute approximate surface area is 351 Å². The van der Waals surface area contributed by atoms with Crippen molar-refractivity contribution in [1.29, 1.82) is 0 Å². The van der Waals surface area contributed by atoms with Crippen LogP contribution in [0.15, 0.2) is 157 Å². The van der Waals surface area contributed by atoms with E-state index < -0.39 is 16.6 Å². The van der Waals surface area contributed by atoms with Crippen molar-refractivity contribution in [3.05, 3.63) is 157 Å². The number of carbonyl (C=O) groups excluding carboxylic acids is 1. The Hall–Kier alpha value is -3.88. The Kier molecular flexibility index (Phi) is 12.1. The molecule has 304 valence electrons. The number of allylic oxidation sites excluding steroid dienone is 3. The maximum atomic E-state index is 12.8. The smallest absolute Gasteiger partial charge is 0.261 e. The number of hydrogen-bond donors (Lipinski definition) is 0. The molecule has 3 aliphatic carbocycles. The van der Waals surface area contributed by atoms with Crippen LogP contribution in [0.4, 0.5) is 0 Å². The van der Waals surface area contributed by atoms with Gasteiger partial charge in [-0.3, -0.25) is 4.79 Å². The van der Waals surface area contributed by atoms with Crippen LogP contribution >= 0.6 is 0 Å². The minimum atomic E-state index is -2.94. The molecular weight excluding hydrogens is 741 g/mol. The molecule has 0 unspecified atom stereocenters. The van der Waals surface area contributed by atoms with Gasteiger partial charge < -0.3 is 8.85 Å². The van der Waals surface area contributed by atoms with Gasteiger partial charge in [0.05, 0.1) is 12.2 Å². The highest BCUT2D eigenvalue weighted by atomic mass is 28.4. The number of Topliss-reactive ketones (excluding diaryl/α,β-unsaturated/α-hetero) is 1. The van der Waals surface area contributed by atoms with Crippen LogP contribution in [0.3, 0.4) is 0 Å². The monoisotopic (exact) mass is 806 g/mol. The van der Waals surface area contributed by atoms with Gasteiger partial charge in [-0.1, -0.05) is 194 Å². The molecule has 0 aromatic heterocycles. The first-order chi connectivity index (χ1) is 27.6. The van der Waals surface area contributed by atoms with Gasteiger partial charge in [-0.2, -0.15) is 0 Å². The highest BCUT2D eigenvalue weighted by Gasteiger charge is 2.55. The van der Waals surface area contributed by atoms with E-state index >= 15 is 0 Å². The molecule has 4 aromatic carbocycles.